The zero-order valence-corrected chi connectivity index (χ0v) is 30.1. The quantitative estimate of drug-likeness (QED) is 0.167. The molecule has 0 saturated carbocycles. The number of nitrogens with one attached hydrogen (secondary N) is 1. The van der Waals surface area contributed by atoms with E-state index in [4.69, 9.17) is 14.2 Å². The van der Waals surface area contributed by atoms with E-state index in [2.05, 4.69) is 5.32 Å². The van der Waals surface area contributed by atoms with Gasteiger partial charge in [-0.15, -0.1) is 0 Å². The normalized spacial score (nSPS) is 12.1. The van der Waals surface area contributed by atoms with Crippen LogP contribution in [0.15, 0.2) is 95.9 Å². The number of rotatable bonds is 12. The number of likely N-dealkylation sites (N-methyl/N-ethyl adjacent to an activating group) is 1. The Bertz CT molecular complexity index is 1840. The zero-order chi connectivity index (χ0) is 36.6. The van der Waals surface area contributed by atoms with Crippen LogP contribution in [0.3, 0.4) is 0 Å². The lowest BCUT2D eigenvalue weighted by Gasteiger charge is -2.29. The molecule has 0 unspecified atom stereocenters. The number of nitrogens with zero attached hydrogens (tertiary/aromatic N) is 2. The molecule has 1 aromatic heterocycles. The number of hydrogen-bond acceptors (Lipinski definition) is 7. The summed E-state index contributed by atoms with van der Waals surface area (Å²) in [4.78, 5) is 55.2. The average molecular weight is 682 g/mol. The number of methoxy groups -OCH3 is 1. The molecule has 0 aliphatic heterocycles. The van der Waals surface area contributed by atoms with Gasteiger partial charge in [-0.25, -0.2) is 4.79 Å². The van der Waals surface area contributed by atoms with Gasteiger partial charge >= 0.3 is 12.1 Å². The third-order valence-corrected chi connectivity index (χ3v) is 8.41. The molecule has 0 aliphatic carbocycles. The van der Waals surface area contributed by atoms with Gasteiger partial charge < -0.3 is 24.1 Å². The molecule has 10 heteroatoms. The molecule has 50 heavy (non-hydrogen) atoms. The zero-order valence-electron chi connectivity index (χ0n) is 30.1. The first-order valence-electron chi connectivity index (χ1n) is 16.5. The van der Waals surface area contributed by atoms with Crippen molar-refractivity contribution >= 4 is 23.7 Å². The summed E-state index contributed by atoms with van der Waals surface area (Å²) < 4.78 is 18.0. The second kappa shape index (κ2) is 15.9. The standard InChI is InChI=1S/C40H47N3O7/c1-27-22-23-43(25-29-16-20-32(48-8)21-17-29)36(45)34(27)41-35(44)33(42(7)38(47)49-26-30-12-10-9-11-13-30)24-28-14-18-31(19-15-28)40(5,6)37(46)50-39(2,3)4/h9-23,33H,24-26H2,1-8H3,(H,41,44)/t33-/m1/s1. The van der Waals surface area contributed by atoms with Crippen LogP contribution in [0.4, 0.5) is 10.5 Å². The molecule has 2 amide bonds. The number of benzene rings is 3. The van der Waals surface area contributed by atoms with E-state index in [0.717, 1.165) is 22.3 Å². The predicted molar refractivity (Wildman–Crippen MR) is 193 cm³/mol. The summed E-state index contributed by atoms with van der Waals surface area (Å²) in [5.74, 6) is -0.201. The van der Waals surface area contributed by atoms with Gasteiger partial charge in [0.15, 0.2) is 0 Å². The van der Waals surface area contributed by atoms with E-state index in [1.54, 1.807) is 40.1 Å². The molecule has 4 aromatic rings. The Morgan fingerprint density at radius 2 is 1.46 bits per heavy atom. The van der Waals surface area contributed by atoms with E-state index in [-0.39, 0.29) is 36.8 Å². The monoisotopic (exact) mass is 681 g/mol. The van der Waals surface area contributed by atoms with Crippen molar-refractivity contribution in [3.05, 3.63) is 129 Å². The molecule has 10 nitrogen and oxygen atoms in total. The van der Waals surface area contributed by atoms with Crippen LogP contribution in [0.1, 0.15) is 62.4 Å². The number of aromatic nitrogens is 1. The molecule has 264 valence electrons. The third kappa shape index (κ3) is 9.62. The van der Waals surface area contributed by atoms with Crippen LogP contribution in [0, 0.1) is 6.92 Å². The summed E-state index contributed by atoms with van der Waals surface area (Å²) in [5.41, 5.74) is 1.93. The highest BCUT2D eigenvalue weighted by molar-refractivity contribution is 5.97. The molecule has 3 aromatic carbocycles. The molecular formula is C40H47N3O7. The summed E-state index contributed by atoms with van der Waals surface area (Å²) in [7, 11) is 3.09. The number of pyridine rings is 1. The number of aryl methyl sites for hydroxylation is 1. The fraction of sp³-hybridized carbons (Fsp3) is 0.350. The van der Waals surface area contributed by atoms with E-state index >= 15 is 0 Å². The number of anilines is 1. The van der Waals surface area contributed by atoms with Crippen molar-refractivity contribution in [2.45, 2.75) is 78.2 Å². The molecule has 1 atom stereocenters. The second-order valence-electron chi connectivity index (χ2n) is 13.8. The first-order chi connectivity index (χ1) is 23.6. The number of ether oxygens (including phenoxy) is 3. The highest BCUT2D eigenvalue weighted by Crippen LogP contribution is 2.28. The fourth-order valence-corrected chi connectivity index (χ4v) is 5.23. The van der Waals surface area contributed by atoms with Gasteiger partial charge in [0.2, 0.25) is 5.91 Å². The molecule has 0 spiro atoms. The highest BCUT2D eigenvalue weighted by Gasteiger charge is 2.35. The van der Waals surface area contributed by atoms with Crippen LogP contribution in [0.25, 0.3) is 0 Å². The fourth-order valence-electron chi connectivity index (χ4n) is 5.23. The van der Waals surface area contributed by atoms with Crippen molar-refractivity contribution in [2.24, 2.45) is 0 Å². The first-order valence-corrected chi connectivity index (χ1v) is 16.5. The van der Waals surface area contributed by atoms with Gasteiger partial charge in [-0.3, -0.25) is 19.3 Å². The van der Waals surface area contributed by atoms with E-state index in [0.29, 0.717) is 11.3 Å². The van der Waals surface area contributed by atoms with Gasteiger partial charge in [-0.1, -0.05) is 66.7 Å². The minimum atomic E-state index is -1.04. The second-order valence-corrected chi connectivity index (χ2v) is 13.8. The summed E-state index contributed by atoms with van der Waals surface area (Å²) in [6.07, 6.45) is 1.10. The summed E-state index contributed by atoms with van der Waals surface area (Å²) >= 11 is 0. The Labute approximate surface area is 294 Å². The van der Waals surface area contributed by atoms with Crippen LogP contribution in [-0.2, 0) is 44.1 Å². The summed E-state index contributed by atoms with van der Waals surface area (Å²) in [6.45, 7) is 11.1. The van der Waals surface area contributed by atoms with E-state index < -0.39 is 29.1 Å². The number of amides is 2. The van der Waals surface area contributed by atoms with E-state index in [1.807, 2.05) is 99.6 Å². The maximum atomic E-state index is 14.0. The Hall–Kier alpha value is -5.38. The topological polar surface area (TPSA) is 116 Å². The van der Waals surface area contributed by atoms with Crippen LogP contribution in [0.2, 0.25) is 0 Å². The Balaban J connectivity index is 1.60. The van der Waals surface area contributed by atoms with Gasteiger partial charge in [0, 0.05) is 19.7 Å². The van der Waals surface area contributed by atoms with Crippen molar-refractivity contribution in [1.29, 1.82) is 0 Å². The van der Waals surface area contributed by atoms with Gasteiger partial charge in [-0.05, 0) is 87.6 Å². The third-order valence-electron chi connectivity index (χ3n) is 8.41. The van der Waals surface area contributed by atoms with Gasteiger partial charge in [0.05, 0.1) is 19.1 Å². The largest absolute Gasteiger partial charge is 0.497 e. The average Bonchev–Trinajstić information content (AvgIpc) is 3.09. The smallest absolute Gasteiger partial charge is 0.410 e. The van der Waals surface area contributed by atoms with Crippen LogP contribution >= 0.6 is 0 Å². The molecular weight excluding hydrogens is 634 g/mol. The Morgan fingerprint density at radius 1 is 0.840 bits per heavy atom. The van der Waals surface area contributed by atoms with Gasteiger partial charge in [-0.2, -0.15) is 0 Å². The van der Waals surface area contributed by atoms with Gasteiger partial charge in [0.25, 0.3) is 5.56 Å². The minimum absolute atomic E-state index is 0.0284. The van der Waals surface area contributed by atoms with Gasteiger partial charge in [0.1, 0.15) is 29.7 Å². The maximum Gasteiger partial charge on any atom is 0.410 e. The van der Waals surface area contributed by atoms with Crippen molar-refractivity contribution in [2.75, 3.05) is 19.5 Å². The van der Waals surface area contributed by atoms with Crippen molar-refractivity contribution in [3.63, 3.8) is 0 Å². The van der Waals surface area contributed by atoms with Crippen LogP contribution in [-0.4, -0.2) is 53.2 Å². The van der Waals surface area contributed by atoms with Crippen molar-refractivity contribution in [3.8, 4) is 5.75 Å². The highest BCUT2D eigenvalue weighted by atomic mass is 16.6. The minimum Gasteiger partial charge on any atom is -0.497 e. The summed E-state index contributed by atoms with van der Waals surface area (Å²) in [5, 5.41) is 2.82. The lowest BCUT2D eigenvalue weighted by molar-refractivity contribution is -0.160. The Kier molecular flexibility index (Phi) is 11.9. The molecule has 1 N–H and O–H groups in total. The molecule has 4 rings (SSSR count). The molecule has 0 bridgehead atoms. The van der Waals surface area contributed by atoms with E-state index in [9.17, 15) is 19.2 Å². The number of hydrogen-bond donors (Lipinski definition) is 1. The lowest BCUT2D eigenvalue weighted by Crippen LogP contribution is -2.47. The predicted octanol–water partition coefficient (Wildman–Crippen LogP) is 6.65. The number of carbonyl (C=O) groups is 3. The van der Waals surface area contributed by atoms with Crippen LogP contribution in [0.5, 0.6) is 5.75 Å². The number of esters is 1. The lowest BCUT2D eigenvalue weighted by atomic mass is 9.84. The molecule has 0 fully saturated rings. The molecule has 0 radical (unpaired) electrons. The van der Waals surface area contributed by atoms with Crippen molar-refractivity contribution < 1.29 is 28.6 Å². The van der Waals surface area contributed by atoms with E-state index in [1.165, 1.54) is 16.5 Å². The molecule has 0 aliphatic rings. The van der Waals surface area contributed by atoms with Crippen molar-refractivity contribution in [1.82, 2.24) is 9.47 Å². The maximum absolute atomic E-state index is 14.0. The summed E-state index contributed by atoms with van der Waals surface area (Å²) in [6, 6.07) is 24.6. The number of carbonyl (C=O) groups excluding carboxylic acids is 3. The Morgan fingerprint density at radius 3 is 2.06 bits per heavy atom. The van der Waals surface area contributed by atoms with Crippen LogP contribution < -0.4 is 15.6 Å². The molecule has 0 saturated heterocycles. The SMILES string of the molecule is COc1ccc(Cn2ccc(C)c(NC(=O)[C@@H](Cc3ccc(C(C)(C)C(=O)OC(C)(C)C)cc3)N(C)C(=O)OCc3ccccc3)c2=O)cc1. The first kappa shape index (κ1) is 37.4. The molecule has 1 heterocycles.